The summed E-state index contributed by atoms with van der Waals surface area (Å²) >= 11 is 0. The third kappa shape index (κ3) is 4.46. The Hall–Kier alpha value is -2.99. The van der Waals surface area contributed by atoms with Crippen LogP contribution in [0, 0.1) is 0 Å². The zero-order valence-corrected chi connectivity index (χ0v) is 16.4. The molecule has 1 fully saturated rings. The number of methoxy groups -OCH3 is 3. The van der Waals surface area contributed by atoms with Crippen LogP contribution in [0.4, 0.5) is 5.69 Å². The Kier molecular flexibility index (Phi) is 6.55. The van der Waals surface area contributed by atoms with Crippen molar-refractivity contribution < 1.29 is 23.7 Å². The van der Waals surface area contributed by atoms with E-state index in [0.717, 1.165) is 37.6 Å². The van der Waals surface area contributed by atoms with E-state index in [1.165, 1.54) is 6.08 Å². The predicted molar refractivity (Wildman–Crippen MR) is 109 cm³/mol. The first-order valence-electron chi connectivity index (χ1n) is 9.11. The summed E-state index contributed by atoms with van der Waals surface area (Å²) in [5, 5.41) is 0. The van der Waals surface area contributed by atoms with Gasteiger partial charge in [0.1, 0.15) is 5.75 Å². The van der Waals surface area contributed by atoms with Gasteiger partial charge >= 0.3 is 0 Å². The molecule has 0 bridgehead atoms. The molecule has 0 spiro atoms. The van der Waals surface area contributed by atoms with Gasteiger partial charge in [0.15, 0.2) is 17.3 Å². The summed E-state index contributed by atoms with van der Waals surface area (Å²) in [6.07, 6.45) is 3.26. The summed E-state index contributed by atoms with van der Waals surface area (Å²) < 4.78 is 21.4. The number of carbonyl (C=O) groups is 1. The average molecular weight is 383 g/mol. The molecular formula is C22H25NO5. The Balaban J connectivity index is 1.76. The molecule has 1 aliphatic rings. The summed E-state index contributed by atoms with van der Waals surface area (Å²) in [7, 11) is 4.71. The molecule has 0 aliphatic carbocycles. The van der Waals surface area contributed by atoms with Gasteiger partial charge in [-0.2, -0.15) is 0 Å². The average Bonchev–Trinajstić information content (AvgIpc) is 2.77. The first kappa shape index (κ1) is 19.8. The monoisotopic (exact) mass is 383 g/mol. The minimum atomic E-state index is -0.0784. The van der Waals surface area contributed by atoms with Gasteiger partial charge in [-0.05, 0) is 42.5 Å². The van der Waals surface area contributed by atoms with Crippen molar-refractivity contribution in [1.82, 2.24) is 0 Å². The van der Waals surface area contributed by atoms with Crippen LogP contribution in [0.5, 0.6) is 17.2 Å². The van der Waals surface area contributed by atoms with Crippen LogP contribution in [0.25, 0.3) is 6.08 Å². The molecule has 6 nitrogen and oxygen atoms in total. The number of benzene rings is 2. The van der Waals surface area contributed by atoms with Crippen molar-refractivity contribution >= 4 is 17.5 Å². The van der Waals surface area contributed by atoms with Crippen LogP contribution >= 0.6 is 0 Å². The van der Waals surface area contributed by atoms with Crippen LogP contribution in [-0.2, 0) is 4.74 Å². The van der Waals surface area contributed by atoms with E-state index in [0.29, 0.717) is 22.8 Å². The van der Waals surface area contributed by atoms with E-state index < -0.39 is 0 Å². The molecule has 3 rings (SSSR count). The van der Waals surface area contributed by atoms with E-state index in [9.17, 15) is 4.79 Å². The molecule has 0 amide bonds. The van der Waals surface area contributed by atoms with E-state index in [-0.39, 0.29) is 5.78 Å². The molecule has 0 N–H and O–H groups in total. The van der Waals surface area contributed by atoms with Crippen LogP contribution in [-0.4, -0.2) is 53.4 Å². The first-order chi connectivity index (χ1) is 13.7. The second-order valence-corrected chi connectivity index (χ2v) is 6.29. The number of rotatable bonds is 7. The standard InChI is InChI=1S/C22H25NO5/c1-25-20-15-22(27-3)21(26-2)14-17(20)6-9-19(24)16-4-7-18(8-5-16)23-10-12-28-13-11-23/h4-9,14-15H,10-13H2,1-3H3/b9-6+. The molecule has 28 heavy (non-hydrogen) atoms. The van der Waals surface area contributed by atoms with E-state index >= 15 is 0 Å². The van der Waals surface area contributed by atoms with Crippen molar-refractivity contribution in [3.05, 3.63) is 53.6 Å². The summed E-state index contributed by atoms with van der Waals surface area (Å²) in [5.41, 5.74) is 2.47. The molecule has 0 radical (unpaired) electrons. The topological polar surface area (TPSA) is 57.2 Å². The van der Waals surface area contributed by atoms with Crippen LogP contribution in [0.2, 0.25) is 0 Å². The highest BCUT2D eigenvalue weighted by Gasteiger charge is 2.13. The van der Waals surface area contributed by atoms with Crippen molar-refractivity contribution in [2.45, 2.75) is 0 Å². The minimum absolute atomic E-state index is 0.0784. The maximum Gasteiger partial charge on any atom is 0.185 e. The van der Waals surface area contributed by atoms with E-state index in [1.807, 2.05) is 24.3 Å². The Morgan fingerprint density at radius 2 is 1.54 bits per heavy atom. The number of ether oxygens (including phenoxy) is 4. The number of anilines is 1. The van der Waals surface area contributed by atoms with E-state index in [1.54, 1.807) is 39.5 Å². The molecular weight excluding hydrogens is 358 g/mol. The molecule has 2 aromatic rings. The smallest absolute Gasteiger partial charge is 0.185 e. The predicted octanol–water partition coefficient (Wildman–Crippen LogP) is 3.45. The van der Waals surface area contributed by atoms with Gasteiger partial charge in [-0.25, -0.2) is 0 Å². The van der Waals surface area contributed by atoms with E-state index in [2.05, 4.69) is 4.90 Å². The molecule has 1 aliphatic heterocycles. The molecule has 0 aromatic heterocycles. The minimum Gasteiger partial charge on any atom is -0.496 e. The van der Waals surface area contributed by atoms with Gasteiger partial charge in [0, 0.05) is 36.0 Å². The fourth-order valence-corrected chi connectivity index (χ4v) is 3.10. The van der Waals surface area contributed by atoms with Crippen LogP contribution in [0.1, 0.15) is 15.9 Å². The van der Waals surface area contributed by atoms with Gasteiger partial charge in [0.25, 0.3) is 0 Å². The lowest BCUT2D eigenvalue weighted by Gasteiger charge is -2.28. The SMILES string of the molecule is COc1cc(OC)c(OC)cc1/C=C/C(=O)c1ccc(N2CCOCC2)cc1. The first-order valence-corrected chi connectivity index (χ1v) is 9.11. The maximum absolute atomic E-state index is 12.6. The number of nitrogens with zero attached hydrogens (tertiary/aromatic N) is 1. The summed E-state index contributed by atoms with van der Waals surface area (Å²) in [4.78, 5) is 14.8. The van der Waals surface area contributed by atoms with Crippen molar-refractivity contribution in [2.75, 3.05) is 52.5 Å². The fraction of sp³-hybridized carbons (Fsp3) is 0.318. The van der Waals surface area contributed by atoms with Crippen molar-refractivity contribution in [2.24, 2.45) is 0 Å². The molecule has 0 saturated carbocycles. The Morgan fingerprint density at radius 3 is 2.14 bits per heavy atom. The van der Waals surface area contributed by atoms with Gasteiger partial charge in [-0.15, -0.1) is 0 Å². The Bertz CT molecular complexity index is 839. The molecule has 1 saturated heterocycles. The second kappa shape index (κ2) is 9.28. The molecule has 6 heteroatoms. The van der Waals surface area contributed by atoms with Gasteiger partial charge in [-0.3, -0.25) is 4.79 Å². The summed E-state index contributed by atoms with van der Waals surface area (Å²) in [6, 6.07) is 11.2. The maximum atomic E-state index is 12.6. The number of allylic oxidation sites excluding steroid dienone is 1. The Morgan fingerprint density at radius 1 is 0.929 bits per heavy atom. The number of carbonyl (C=O) groups excluding carboxylic acids is 1. The lowest BCUT2D eigenvalue weighted by molar-refractivity contribution is 0.104. The quantitative estimate of drug-likeness (QED) is 0.539. The molecule has 2 aromatic carbocycles. The number of hydrogen-bond donors (Lipinski definition) is 0. The fourth-order valence-electron chi connectivity index (χ4n) is 3.10. The third-order valence-electron chi connectivity index (χ3n) is 4.68. The van der Waals surface area contributed by atoms with E-state index in [4.69, 9.17) is 18.9 Å². The number of hydrogen-bond acceptors (Lipinski definition) is 6. The highest BCUT2D eigenvalue weighted by molar-refractivity contribution is 6.07. The van der Waals surface area contributed by atoms with Crippen molar-refractivity contribution in [3.8, 4) is 17.2 Å². The van der Waals surface area contributed by atoms with Crippen LogP contribution in [0.3, 0.4) is 0 Å². The summed E-state index contributed by atoms with van der Waals surface area (Å²) in [5.74, 6) is 1.67. The van der Waals surface area contributed by atoms with Gasteiger partial charge < -0.3 is 23.8 Å². The molecule has 148 valence electrons. The van der Waals surface area contributed by atoms with Crippen LogP contribution < -0.4 is 19.1 Å². The zero-order chi connectivity index (χ0) is 19.9. The number of morpholine rings is 1. The number of ketones is 1. The van der Waals surface area contributed by atoms with Crippen molar-refractivity contribution in [1.29, 1.82) is 0 Å². The third-order valence-corrected chi connectivity index (χ3v) is 4.68. The van der Waals surface area contributed by atoms with Gasteiger partial charge in [0.05, 0.1) is 34.5 Å². The molecule has 0 atom stereocenters. The van der Waals surface area contributed by atoms with Gasteiger partial charge in [-0.1, -0.05) is 0 Å². The highest BCUT2D eigenvalue weighted by atomic mass is 16.5. The summed E-state index contributed by atoms with van der Waals surface area (Å²) in [6.45, 7) is 3.20. The largest absolute Gasteiger partial charge is 0.496 e. The normalized spacial score (nSPS) is 14.2. The lowest BCUT2D eigenvalue weighted by Crippen LogP contribution is -2.36. The molecule has 0 unspecified atom stereocenters. The molecule has 1 heterocycles. The van der Waals surface area contributed by atoms with Crippen molar-refractivity contribution in [3.63, 3.8) is 0 Å². The van der Waals surface area contributed by atoms with Gasteiger partial charge in [0.2, 0.25) is 0 Å². The zero-order valence-electron chi connectivity index (χ0n) is 16.4. The van der Waals surface area contributed by atoms with Crippen LogP contribution in [0.15, 0.2) is 42.5 Å². The second-order valence-electron chi connectivity index (χ2n) is 6.29. The highest BCUT2D eigenvalue weighted by Crippen LogP contribution is 2.35. The Labute approximate surface area is 165 Å². The lowest BCUT2D eigenvalue weighted by atomic mass is 10.1.